The van der Waals surface area contributed by atoms with E-state index in [-0.39, 0.29) is 28.3 Å². The van der Waals surface area contributed by atoms with Gasteiger partial charge in [-0.25, -0.2) is 13.8 Å². The number of rotatable bonds is 3. The molecule has 2 aromatic heterocycles. The SMILES string of the molecule is O=c1c2nnn(-c3cccc(F)c3)c2ncn1Cc1c(F)cccc1Cl. The van der Waals surface area contributed by atoms with Gasteiger partial charge >= 0.3 is 0 Å². The monoisotopic (exact) mass is 373 g/mol. The highest BCUT2D eigenvalue weighted by Crippen LogP contribution is 2.20. The van der Waals surface area contributed by atoms with Crippen LogP contribution >= 0.6 is 11.6 Å². The summed E-state index contributed by atoms with van der Waals surface area (Å²) in [6.45, 7) is -0.0971. The van der Waals surface area contributed by atoms with Gasteiger partial charge in [-0.3, -0.25) is 9.36 Å². The lowest BCUT2D eigenvalue weighted by Gasteiger charge is -2.08. The predicted molar refractivity (Wildman–Crippen MR) is 91.4 cm³/mol. The molecule has 0 radical (unpaired) electrons. The summed E-state index contributed by atoms with van der Waals surface area (Å²) in [7, 11) is 0. The van der Waals surface area contributed by atoms with Crippen LogP contribution in [0.2, 0.25) is 5.02 Å². The second-order valence-corrected chi connectivity index (χ2v) is 5.94. The van der Waals surface area contributed by atoms with Crippen LogP contribution in [0.4, 0.5) is 8.78 Å². The van der Waals surface area contributed by atoms with E-state index < -0.39 is 17.2 Å². The van der Waals surface area contributed by atoms with Crippen molar-refractivity contribution in [3.63, 3.8) is 0 Å². The summed E-state index contributed by atoms with van der Waals surface area (Å²) in [4.78, 5) is 16.8. The summed E-state index contributed by atoms with van der Waals surface area (Å²) >= 11 is 6.01. The van der Waals surface area contributed by atoms with Crippen LogP contribution in [0, 0.1) is 11.6 Å². The molecule has 0 atom stereocenters. The van der Waals surface area contributed by atoms with Crippen LogP contribution < -0.4 is 5.56 Å². The predicted octanol–water partition coefficient (Wildman–Crippen LogP) is 2.96. The fourth-order valence-corrected chi connectivity index (χ4v) is 2.81. The van der Waals surface area contributed by atoms with Crippen molar-refractivity contribution in [1.29, 1.82) is 0 Å². The van der Waals surface area contributed by atoms with Gasteiger partial charge in [0.25, 0.3) is 5.56 Å². The normalized spacial score (nSPS) is 11.2. The Morgan fingerprint density at radius 1 is 1.12 bits per heavy atom. The quantitative estimate of drug-likeness (QED) is 0.554. The molecule has 0 saturated heterocycles. The molecule has 0 bridgehead atoms. The number of halogens is 3. The highest BCUT2D eigenvalue weighted by Gasteiger charge is 2.15. The minimum absolute atomic E-state index is 0.00998. The Labute approximate surface area is 150 Å². The van der Waals surface area contributed by atoms with Gasteiger partial charge in [-0.15, -0.1) is 5.10 Å². The molecule has 0 fully saturated rings. The lowest BCUT2D eigenvalue weighted by Crippen LogP contribution is -2.22. The molecule has 0 N–H and O–H groups in total. The molecule has 6 nitrogen and oxygen atoms in total. The van der Waals surface area contributed by atoms with Crippen molar-refractivity contribution in [2.24, 2.45) is 0 Å². The van der Waals surface area contributed by atoms with Crippen molar-refractivity contribution in [2.75, 3.05) is 0 Å². The summed E-state index contributed by atoms with van der Waals surface area (Å²) in [5, 5.41) is 7.92. The highest BCUT2D eigenvalue weighted by molar-refractivity contribution is 6.31. The maximum absolute atomic E-state index is 14.0. The smallest absolute Gasteiger partial charge is 0.283 e. The van der Waals surface area contributed by atoms with Crippen molar-refractivity contribution in [1.82, 2.24) is 24.5 Å². The van der Waals surface area contributed by atoms with E-state index in [9.17, 15) is 13.6 Å². The van der Waals surface area contributed by atoms with E-state index in [1.807, 2.05) is 0 Å². The molecular weight excluding hydrogens is 364 g/mol. The van der Waals surface area contributed by atoms with Gasteiger partial charge in [0.15, 0.2) is 11.2 Å². The summed E-state index contributed by atoms with van der Waals surface area (Å²) < 4.78 is 29.8. The lowest BCUT2D eigenvalue weighted by molar-refractivity contribution is 0.595. The zero-order valence-corrected chi connectivity index (χ0v) is 13.9. The van der Waals surface area contributed by atoms with Gasteiger partial charge in [-0.1, -0.05) is 28.9 Å². The number of hydrogen-bond acceptors (Lipinski definition) is 4. The molecular formula is C17H10ClF2N5O. The Bertz CT molecular complexity index is 1170. The highest BCUT2D eigenvalue weighted by atomic mass is 35.5. The van der Waals surface area contributed by atoms with Crippen molar-refractivity contribution < 1.29 is 8.78 Å². The summed E-state index contributed by atoms with van der Waals surface area (Å²) in [5.41, 5.74) is 0.224. The van der Waals surface area contributed by atoms with Gasteiger partial charge < -0.3 is 0 Å². The third-order valence-electron chi connectivity index (χ3n) is 3.87. The molecule has 2 aromatic carbocycles. The topological polar surface area (TPSA) is 65.6 Å². The zero-order valence-electron chi connectivity index (χ0n) is 13.1. The fraction of sp³-hybridized carbons (Fsp3) is 0.0588. The van der Waals surface area contributed by atoms with Crippen molar-refractivity contribution in [3.8, 4) is 5.69 Å². The minimum Gasteiger partial charge on any atom is -0.293 e. The molecule has 0 unspecified atom stereocenters. The van der Waals surface area contributed by atoms with Crippen LogP contribution in [0.1, 0.15) is 5.56 Å². The second kappa shape index (κ2) is 6.30. The molecule has 0 aliphatic heterocycles. The molecule has 2 heterocycles. The standard InChI is InChI=1S/C17H10ClF2N5O/c18-13-5-2-6-14(20)12(13)8-24-9-21-16-15(17(24)26)22-23-25(16)11-4-1-3-10(19)7-11/h1-7,9H,8H2. The third kappa shape index (κ3) is 2.74. The zero-order chi connectivity index (χ0) is 18.3. The van der Waals surface area contributed by atoms with Crippen LogP contribution in [0.25, 0.3) is 16.9 Å². The Balaban J connectivity index is 1.81. The van der Waals surface area contributed by atoms with Crippen LogP contribution in [0.15, 0.2) is 53.6 Å². The molecule has 0 aliphatic carbocycles. The summed E-state index contributed by atoms with van der Waals surface area (Å²) in [6, 6.07) is 9.95. The number of nitrogens with zero attached hydrogens (tertiary/aromatic N) is 5. The van der Waals surface area contributed by atoms with E-state index in [2.05, 4.69) is 15.3 Å². The molecule has 4 aromatic rings. The number of benzene rings is 2. The van der Waals surface area contributed by atoms with Gasteiger partial charge in [0, 0.05) is 10.6 Å². The van der Waals surface area contributed by atoms with Gasteiger partial charge in [0.2, 0.25) is 0 Å². The Morgan fingerprint density at radius 2 is 1.92 bits per heavy atom. The number of aromatic nitrogens is 5. The van der Waals surface area contributed by atoms with Crippen LogP contribution in [0.3, 0.4) is 0 Å². The molecule has 0 saturated carbocycles. The lowest BCUT2D eigenvalue weighted by atomic mass is 10.2. The van der Waals surface area contributed by atoms with E-state index in [4.69, 9.17) is 11.6 Å². The first-order valence-electron chi connectivity index (χ1n) is 7.54. The molecule has 0 aliphatic rings. The second-order valence-electron chi connectivity index (χ2n) is 5.53. The van der Waals surface area contributed by atoms with Gasteiger partial charge in [-0.2, -0.15) is 4.68 Å². The first kappa shape index (κ1) is 16.3. The van der Waals surface area contributed by atoms with E-state index >= 15 is 0 Å². The molecule has 9 heteroatoms. The fourth-order valence-electron chi connectivity index (χ4n) is 2.59. The molecule has 4 rings (SSSR count). The average Bonchev–Trinajstić information content (AvgIpc) is 3.05. The molecule has 26 heavy (non-hydrogen) atoms. The van der Waals surface area contributed by atoms with E-state index in [0.717, 1.165) is 0 Å². The van der Waals surface area contributed by atoms with Gasteiger partial charge in [0.1, 0.15) is 18.0 Å². The minimum atomic E-state index is -0.520. The van der Waals surface area contributed by atoms with Crippen LogP contribution in [-0.4, -0.2) is 24.5 Å². The first-order chi connectivity index (χ1) is 12.5. The largest absolute Gasteiger partial charge is 0.293 e. The van der Waals surface area contributed by atoms with Crippen molar-refractivity contribution >= 4 is 22.8 Å². The number of hydrogen-bond donors (Lipinski definition) is 0. The van der Waals surface area contributed by atoms with Gasteiger partial charge in [0.05, 0.1) is 12.2 Å². The third-order valence-corrected chi connectivity index (χ3v) is 4.23. The summed E-state index contributed by atoms with van der Waals surface area (Å²) in [6.07, 6.45) is 1.26. The van der Waals surface area contributed by atoms with Crippen LogP contribution in [-0.2, 0) is 6.54 Å². The Morgan fingerprint density at radius 3 is 2.69 bits per heavy atom. The van der Waals surface area contributed by atoms with Crippen molar-refractivity contribution in [3.05, 3.63) is 81.4 Å². The average molecular weight is 374 g/mol. The maximum atomic E-state index is 14.0. The Kier molecular flexibility index (Phi) is 3.96. The molecule has 0 spiro atoms. The number of fused-ring (bicyclic) bond motifs is 1. The van der Waals surface area contributed by atoms with Crippen LogP contribution in [0.5, 0.6) is 0 Å². The molecule has 0 amide bonds. The Hall–Kier alpha value is -3.13. The molecule has 130 valence electrons. The first-order valence-corrected chi connectivity index (χ1v) is 7.92. The van der Waals surface area contributed by atoms with Gasteiger partial charge in [-0.05, 0) is 30.3 Å². The maximum Gasteiger partial charge on any atom is 0.283 e. The van der Waals surface area contributed by atoms with Crippen molar-refractivity contribution in [2.45, 2.75) is 6.54 Å². The summed E-state index contributed by atoms with van der Waals surface area (Å²) in [5.74, 6) is -0.971. The van der Waals surface area contributed by atoms with E-state index in [1.54, 1.807) is 6.07 Å². The van der Waals surface area contributed by atoms with E-state index in [0.29, 0.717) is 5.69 Å². The van der Waals surface area contributed by atoms with E-state index in [1.165, 1.54) is 52.0 Å².